The first-order valence-corrected chi connectivity index (χ1v) is 11.7. The van der Waals surface area contributed by atoms with Crippen LogP contribution < -0.4 is 4.90 Å². The van der Waals surface area contributed by atoms with Gasteiger partial charge in [-0.1, -0.05) is 12.1 Å². The van der Waals surface area contributed by atoms with Crippen LogP contribution in [0.5, 0.6) is 0 Å². The van der Waals surface area contributed by atoms with E-state index in [4.69, 9.17) is 9.97 Å². The van der Waals surface area contributed by atoms with E-state index in [0.717, 1.165) is 17.1 Å². The van der Waals surface area contributed by atoms with Crippen molar-refractivity contribution in [3.05, 3.63) is 57.2 Å². The zero-order valence-electron chi connectivity index (χ0n) is 14.4. The molecule has 1 unspecified atom stereocenters. The number of para-hydroxylation sites is 1. The van der Waals surface area contributed by atoms with Gasteiger partial charge < -0.3 is 4.90 Å². The first kappa shape index (κ1) is 16.6. The number of rotatable bonds is 4. The third-order valence-electron chi connectivity index (χ3n) is 5.07. The Bertz CT molecular complexity index is 969. The molecule has 132 valence electrons. The molecular formula is C20H20N3S3+. The Kier molecular flexibility index (Phi) is 4.58. The number of piperidine rings is 1. The van der Waals surface area contributed by atoms with E-state index in [-0.39, 0.29) is 0 Å². The van der Waals surface area contributed by atoms with Crippen molar-refractivity contribution < 1.29 is 4.90 Å². The zero-order valence-corrected chi connectivity index (χ0v) is 16.8. The highest BCUT2D eigenvalue weighted by atomic mass is 32.1. The molecule has 2 atom stereocenters. The summed E-state index contributed by atoms with van der Waals surface area (Å²) in [5, 5.41) is 8.99. The van der Waals surface area contributed by atoms with Crippen LogP contribution in [0.3, 0.4) is 0 Å². The minimum absolute atomic E-state index is 0.507. The van der Waals surface area contributed by atoms with Crippen LogP contribution in [-0.4, -0.2) is 16.5 Å². The molecule has 1 aliphatic heterocycles. The standard InChI is InChI=1S/C20H19N3S3/c1-2-7-18-16(5-1)22-20(26-18)17-6-3-4-9-23(17)11-15-13-25-19(21-15)14-8-10-24-12-14/h1-2,5,7-8,10,12-13,17H,3-4,6,9,11H2/p+1/t17-/m0/s1. The van der Waals surface area contributed by atoms with E-state index < -0.39 is 0 Å². The first-order chi connectivity index (χ1) is 12.9. The number of nitrogens with zero attached hydrogens (tertiary/aromatic N) is 2. The molecule has 0 radical (unpaired) electrons. The lowest BCUT2D eigenvalue weighted by Gasteiger charge is -2.30. The number of hydrogen-bond acceptors (Lipinski definition) is 5. The molecule has 0 saturated carbocycles. The second kappa shape index (κ2) is 7.19. The van der Waals surface area contributed by atoms with Gasteiger partial charge in [0.25, 0.3) is 0 Å². The molecule has 0 amide bonds. The van der Waals surface area contributed by atoms with Gasteiger partial charge >= 0.3 is 0 Å². The Labute approximate surface area is 165 Å². The molecule has 1 N–H and O–H groups in total. The number of aromatic nitrogens is 2. The number of thiazole rings is 2. The predicted octanol–water partition coefficient (Wildman–Crippen LogP) is 4.79. The smallest absolute Gasteiger partial charge is 0.151 e. The van der Waals surface area contributed by atoms with E-state index in [2.05, 4.69) is 46.5 Å². The highest BCUT2D eigenvalue weighted by Gasteiger charge is 2.31. The van der Waals surface area contributed by atoms with E-state index in [9.17, 15) is 0 Å². The van der Waals surface area contributed by atoms with E-state index in [1.54, 1.807) is 27.6 Å². The van der Waals surface area contributed by atoms with Crippen molar-refractivity contribution in [2.45, 2.75) is 31.8 Å². The summed E-state index contributed by atoms with van der Waals surface area (Å²) in [6.07, 6.45) is 3.84. The fraction of sp³-hybridized carbons (Fsp3) is 0.300. The molecule has 5 rings (SSSR count). The summed E-state index contributed by atoms with van der Waals surface area (Å²) in [6, 6.07) is 11.2. The van der Waals surface area contributed by atoms with Gasteiger partial charge in [0.2, 0.25) is 0 Å². The number of likely N-dealkylation sites (tertiary alicyclic amines) is 1. The molecule has 1 aromatic carbocycles. The second-order valence-electron chi connectivity index (χ2n) is 6.81. The maximum atomic E-state index is 4.96. The summed E-state index contributed by atoms with van der Waals surface area (Å²) in [5.41, 5.74) is 3.62. The van der Waals surface area contributed by atoms with E-state index in [1.165, 1.54) is 46.8 Å². The highest BCUT2D eigenvalue weighted by molar-refractivity contribution is 7.18. The molecule has 0 aliphatic carbocycles. The van der Waals surface area contributed by atoms with Crippen LogP contribution in [0.1, 0.15) is 36.0 Å². The number of thiophene rings is 1. The van der Waals surface area contributed by atoms with Crippen molar-refractivity contribution in [1.29, 1.82) is 0 Å². The molecule has 1 fully saturated rings. The van der Waals surface area contributed by atoms with Gasteiger partial charge in [-0.25, -0.2) is 9.97 Å². The maximum Gasteiger partial charge on any atom is 0.151 e. The van der Waals surface area contributed by atoms with Gasteiger partial charge in [-0.15, -0.1) is 22.7 Å². The van der Waals surface area contributed by atoms with Crippen LogP contribution in [0.15, 0.2) is 46.5 Å². The predicted molar refractivity (Wildman–Crippen MR) is 111 cm³/mol. The van der Waals surface area contributed by atoms with Gasteiger partial charge in [0.15, 0.2) is 5.01 Å². The number of benzene rings is 1. The van der Waals surface area contributed by atoms with Crippen LogP contribution in [0.25, 0.3) is 20.8 Å². The number of nitrogens with one attached hydrogen (secondary N) is 1. The van der Waals surface area contributed by atoms with E-state index >= 15 is 0 Å². The van der Waals surface area contributed by atoms with Crippen molar-refractivity contribution >= 4 is 44.2 Å². The molecule has 3 aromatic heterocycles. The summed E-state index contributed by atoms with van der Waals surface area (Å²) in [7, 11) is 0. The fourth-order valence-electron chi connectivity index (χ4n) is 3.77. The normalized spacial score (nSPS) is 20.6. The quantitative estimate of drug-likeness (QED) is 0.536. The third-order valence-corrected chi connectivity index (χ3v) is 7.84. The molecule has 3 nitrogen and oxygen atoms in total. The first-order valence-electron chi connectivity index (χ1n) is 9.04. The zero-order chi connectivity index (χ0) is 17.3. The van der Waals surface area contributed by atoms with Crippen molar-refractivity contribution in [1.82, 2.24) is 9.97 Å². The van der Waals surface area contributed by atoms with Crippen LogP contribution in [-0.2, 0) is 6.54 Å². The van der Waals surface area contributed by atoms with E-state index in [0.29, 0.717) is 6.04 Å². The van der Waals surface area contributed by atoms with Crippen molar-refractivity contribution in [2.75, 3.05) is 6.54 Å². The third kappa shape index (κ3) is 3.22. The molecule has 1 aliphatic rings. The summed E-state index contributed by atoms with van der Waals surface area (Å²) >= 11 is 5.37. The van der Waals surface area contributed by atoms with Crippen molar-refractivity contribution in [3.63, 3.8) is 0 Å². The monoisotopic (exact) mass is 398 g/mol. The van der Waals surface area contributed by atoms with Crippen LogP contribution in [0.4, 0.5) is 0 Å². The van der Waals surface area contributed by atoms with Gasteiger partial charge in [-0.2, -0.15) is 11.3 Å². The van der Waals surface area contributed by atoms with Crippen LogP contribution >= 0.6 is 34.0 Å². The largest absolute Gasteiger partial charge is 0.322 e. The molecule has 0 spiro atoms. The average Bonchev–Trinajstić information content (AvgIpc) is 3.42. The molecule has 6 heteroatoms. The molecule has 26 heavy (non-hydrogen) atoms. The Morgan fingerprint density at radius 2 is 2.04 bits per heavy atom. The van der Waals surface area contributed by atoms with Gasteiger partial charge in [0.05, 0.1) is 16.8 Å². The Hall–Kier alpha value is -1.60. The number of hydrogen-bond donors (Lipinski definition) is 1. The molecule has 4 aromatic rings. The molecular weight excluding hydrogens is 378 g/mol. The second-order valence-corrected chi connectivity index (χ2v) is 9.51. The SMILES string of the molecule is c1ccc2sc([C@@H]3CCCC[NH+]3Cc3csc(-c4ccsc4)n3)nc2c1. The fourth-order valence-corrected chi connectivity index (χ4v) is 6.46. The number of fused-ring (bicyclic) bond motifs is 1. The van der Waals surface area contributed by atoms with Gasteiger partial charge in [0, 0.05) is 22.7 Å². The summed E-state index contributed by atoms with van der Waals surface area (Å²) in [5.74, 6) is 0. The molecule has 1 saturated heterocycles. The Morgan fingerprint density at radius 3 is 2.92 bits per heavy atom. The lowest BCUT2D eigenvalue weighted by Crippen LogP contribution is -3.11. The average molecular weight is 399 g/mol. The topological polar surface area (TPSA) is 30.2 Å². The Morgan fingerprint density at radius 1 is 1.08 bits per heavy atom. The van der Waals surface area contributed by atoms with Gasteiger partial charge in [0.1, 0.15) is 23.3 Å². The number of quaternary nitrogens is 1. The van der Waals surface area contributed by atoms with Gasteiger partial charge in [-0.3, -0.25) is 0 Å². The van der Waals surface area contributed by atoms with Crippen LogP contribution in [0, 0.1) is 0 Å². The lowest BCUT2D eigenvalue weighted by atomic mass is 10.0. The summed E-state index contributed by atoms with van der Waals surface area (Å²) < 4.78 is 1.31. The van der Waals surface area contributed by atoms with E-state index in [1.807, 2.05) is 11.3 Å². The lowest BCUT2D eigenvalue weighted by molar-refractivity contribution is -0.950. The summed E-state index contributed by atoms with van der Waals surface area (Å²) in [4.78, 5) is 11.5. The highest BCUT2D eigenvalue weighted by Crippen LogP contribution is 2.29. The van der Waals surface area contributed by atoms with Crippen LogP contribution in [0.2, 0.25) is 0 Å². The minimum atomic E-state index is 0.507. The van der Waals surface area contributed by atoms with Crippen molar-refractivity contribution in [2.24, 2.45) is 0 Å². The van der Waals surface area contributed by atoms with Gasteiger partial charge in [-0.05, 0) is 36.4 Å². The molecule has 4 heterocycles. The van der Waals surface area contributed by atoms with Crippen molar-refractivity contribution in [3.8, 4) is 10.6 Å². The Balaban J connectivity index is 1.39. The maximum absolute atomic E-state index is 4.96. The molecule has 0 bridgehead atoms. The summed E-state index contributed by atoms with van der Waals surface area (Å²) in [6.45, 7) is 2.22. The minimum Gasteiger partial charge on any atom is -0.322 e.